The van der Waals surface area contributed by atoms with Crippen molar-refractivity contribution < 1.29 is 17.2 Å². The predicted molar refractivity (Wildman–Crippen MR) is 103 cm³/mol. The van der Waals surface area contributed by atoms with Crippen LogP contribution in [0.1, 0.15) is 47.0 Å². The van der Waals surface area contributed by atoms with E-state index < -0.39 is 39.2 Å². The van der Waals surface area contributed by atoms with Gasteiger partial charge in [0.2, 0.25) is 10.0 Å². The first-order chi connectivity index (χ1) is 14.2. The maximum absolute atomic E-state index is 14.7. The molecule has 2 N–H and O–H groups in total. The van der Waals surface area contributed by atoms with Gasteiger partial charge < -0.3 is 0 Å². The standard InChI is InChI=1S/C19H18F2N6O2S/c1-10-4-6-16(21)17(11(10)2)12(3)18(19-23-26-27-24-19)25-30(28,29)14-5-7-15(20)13(8-14)9-22/h4-8,12,18,25H,1-3H3,(H,23,24,26,27)/t12-,18+/m1/s1. The van der Waals surface area contributed by atoms with Crippen LogP contribution >= 0.6 is 0 Å². The van der Waals surface area contributed by atoms with E-state index in [1.165, 1.54) is 6.07 Å². The largest absolute Gasteiger partial charge is 0.241 e. The minimum atomic E-state index is -4.24. The van der Waals surface area contributed by atoms with E-state index in [1.54, 1.807) is 26.0 Å². The van der Waals surface area contributed by atoms with Crippen molar-refractivity contribution in [3.63, 3.8) is 0 Å². The maximum Gasteiger partial charge on any atom is 0.241 e. The van der Waals surface area contributed by atoms with Gasteiger partial charge in [-0.1, -0.05) is 18.2 Å². The molecule has 0 fully saturated rings. The van der Waals surface area contributed by atoms with Crippen LogP contribution < -0.4 is 4.72 Å². The molecule has 0 aliphatic carbocycles. The first-order valence-electron chi connectivity index (χ1n) is 8.86. The second kappa shape index (κ2) is 8.25. The fourth-order valence-electron chi connectivity index (χ4n) is 3.20. The molecule has 0 aliphatic rings. The molecule has 0 bridgehead atoms. The van der Waals surface area contributed by atoms with E-state index >= 15 is 0 Å². The summed E-state index contributed by atoms with van der Waals surface area (Å²) in [5.41, 5.74) is 1.40. The second-order valence-electron chi connectivity index (χ2n) is 6.81. The van der Waals surface area contributed by atoms with Gasteiger partial charge in [0.1, 0.15) is 17.7 Å². The number of aromatic amines is 1. The minimum absolute atomic E-state index is 0.00833. The van der Waals surface area contributed by atoms with Crippen molar-refractivity contribution >= 4 is 10.0 Å². The monoisotopic (exact) mass is 432 g/mol. The molecule has 11 heteroatoms. The summed E-state index contributed by atoms with van der Waals surface area (Å²) in [4.78, 5) is -0.317. The molecule has 0 radical (unpaired) electrons. The molecule has 2 atom stereocenters. The van der Waals surface area contributed by atoms with E-state index in [1.807, 2.05) is 6.92 Å². The van der Waals surface area contributed by atoms with Crippen LogP contribution in [0.25, 0.3) is 0 Å². The normalized spacial score (nSPS) is 13.6. The number of aromatic nitrogens is 4. The summed E-state index contributed by atoms with van der Waals surface area (Å²) in [6, 6.07) is 6.32. The molecule has 0 saturated heterocycles. The Kier molecular flexibility index (Phi) is 5.91. The summed E-state index contributed by atoms with van der Waals surface area (Å²) in [6.45, 7) is 5.20. The molecule has 2 aromatic carbocycles. The van der Waals surface area contributed by atoms with Crippen molar-refractivity contribution in [1.29, 1.82) is 5.26 Å². The number of rotatable bonds is 6. The zero-order valence-corrected chi connectivity index (χ0v) is 17.1. The number of aryl methyl sites for hydroxylation is 1. The fraction of sp³-hybridized carbons (Fsp3) is 0.263. The first-order valence-corrected chi connectivity index (χ1v) is 10.3. The molecule has 0 amide bonds. The lowest BCUT2D eigenvalue weighted by molar-refractivity contribution is 0.478. The highest BCUT2D eigenvalue weighted by molar-refractivity contribution is 7.89. The molecular weight excluding hydrogens is 414 g/mol. The summed E-state index contributed by atoms with van der Waals surface area (Å²) in [5.74, 6) is -2.04. The smallest absolute Gasteiger partial charge is 0.207 e. The molecule has 8 nitrogen and oxygen atoms in total. The van der Waals surface area contributed by atoms with Crippen LogP contribution in [-0.2, 0) is 10.0 Å². The van der Waals surface area contributed by atoms with Gasteiger partial charge in [-0.05, 0) is 54.8 Å². The lowest BCUT2D eigenvalue weighted by atomic mass is 9.88. The average molecular weight is 432 g/mol. The third kappa shape index (κ3) is 4.05. The molecule has 1 heterocycles. The quantitative estimate of drug-likeness (QED) is 0.617. The van der Waals surface area contributed by atoms with Crippen LogP contribution in [0.3, 0.4) is 0 Å². The Bertz CT molecular complexity index is 1220. The van der Waals surface area contributed by atoms with Crippen LogP contribution in [-0.4, -0.2) is 29.0 Å². The maximum atomic E-state index is 14.7. The molecule has 0 saturated carbocycles. The molecule has 0 unspecified atom stereocenters. The number of nitrogens with one attached hydrogen (secondary N) is 2. The number of nitrogens with zero attached hydrogens (tertiary/aromatic N) is 4. The second-order valence-corrected chi connectivity index (χ2v) is 8.53. The Morgan fingerprint density at radius 1 is 1.17 bits per heavy atom. The molecule has 1 aromatic heterocycles. The number of H-pyrrole nitrogens is 1. The molecule has 30 heavy (non-hydrogen) atoms. The summed E-state index contributed by atoms with van der Waals surface area (Å²) < 4.78 is 56.6. The van der Waals surface area contributed by atoms with Crippen LogP contribution in [0, 0.1) is 36.8 Å². The number of halogens is 2. The summed E-state index contributed by atoms with van der Waals surface area (Å²) in [5, 5.41) is 22.4. The van der Waals surface area contributed by atoms with Gasteiger partial charge in [-0.3, -0.25) is 0 Å². The van der Waals surface area contributed by atoms with Crippen molar-refractivity contribution in [3.8, 4) is 6.07 Å². The van der Waals surface area contributed by atoms with E-state index in [9.17, 15) is 17.2 Å². The van der Waals surface area contributed by atoms with Gasteiger partial charge in [0.15, 0.2) is 5.82 Å². The third-order valence-corrected chi connectivity index (χ3v) is 6.42. The molecule has 3 aromatic rings. The van der Waals surface area contributed by atoms with Gasteiger partial charge in [-0.25, -0.2) is 17.2 Å². The Balaban J connectivity index is 2.07. The van der Waals surface area contributed by atoms with E-state index in [4.69, 9.17) is 5.26 Å². The van der Waals surface area contributed by atoms with Gasteiger partial charge in [0.05, 0.1) is 16.5 Å². The average Bonchev–Trinajstić information content (AvgIpc) is 3.24. The zero-order valence-electron chi connectivity index (χ0n) is 16.3. The van der Waals surface area contributed by atoms with E-state index in [2.05, 4.69) is 25.3 Å². The van der Waals surface area contributed by atoms with E-state index in [-0.39, 0.29) is 10.7 Å². The van der Waals surface area contributed by atoms with Crippen molar-refractivity contribution in [2.24, 2.45) is 0 Å². The summed E-state index contributed by atoms with van der Waals surface area (Å²) in [6.07, 6.45) is 0. The zero-order chi connectivity index (χ0) is 22.1. The summed E-state index contributed by atoms with van der Waals surface area (Å²) in [7, 11) is -4.24. The number of hydrogen-bond donors (Lipinski definition) is 2. The number of hydrogen-bond acceptors (Lipinski definition) is 6. The molecule has 0 spiro atoms. The van der Waals surface area contributed by atoms with Crippen LogP contribution in [0.5, 0.6) is 0 Å². The van der Waals surface area contributed by atoms with Crippen molar-refractivity contribution in [2.45, 2.75) is 37.6 Å². The topological polar surface area (TPSA) is 124 Å². The molecular formula is C19H18F2N6O2S. The number of tetrazole rings is 1. The SMILES string of the molecule is Cc1ccc(F)c([C@@H](C)[C@H](NS(=O)(=O)c2ccc(F)c(C#N)c2)c2nn[nH]n2)c1C. The molecule has 156 valence electrons. The van der Waals surface area contributed by atoms with Crippen molar-refractivity contribution in [3.05, 3.63) is 70.0 Å². The molecule has 3 rings (SSSR count). The van der Waals surface area contributed by atoms with Crippen molar-refractivity contribution in [2.75, 3.05) is 0 Å². The fourth-order valence-corrected chi connectivity index (χ4v) is 4.50. The Hall–Kier alpha value is -3.23. The van der Waals surface area contributed by atoms with Gasteiger partial charge in [0, 0.05) is 5.92 Å². The first kappa shape index (κ1) is 21.5. The van der Waals surface area contributed by atoms with Crippen LogP contribution in [0.4, 0.5) is 8.78 Å². The van der Waals surface area contributed by atoms with Crippen LogP contribution in [0.2, 0.25) is 0 Å². The third-order valence-electron chi connectivity index (χ3n) is 4.98. The van der Waals surface area contributed by atoms with E-state index in [0.717, 1.165) is 23.8 Å². The Morgan fingerprint density at radius 2 is 1.87 bits per heavy atom. The molecule has 0 aliphatic heterocycles. The van der Waals surface area contributed by atoms with Gasteiger partial charge in [-0.15, -0.1) is 10.2 Å². The highest BCUT2D eigenvalue weighted by Crippen LogP contribution is 2.34. The Labute approximate surface area is 172 Å². The van der Waals surface area contributed by atoms with Crippen LogP contribution in [0.15, 0.2) is 35.2 Å². The number of sulfonamides is 1. The highest BCUT2D eigenvalue weighted by Gasteiger charge is 2.32. The highest BCUT2D eigenvalue weighted by atomic mass is 32.2. The van der Waals surface area contributed by atoms with Gasteiger partial charge in [-0.2, -0.15) is 15.2 Å². The van der Waals surface area contributed by atoms with Gasteiger partial charge >= 0.3 is 0 Å². The minimum Gasteiger partial charge on any atom is -0.207 e. The number of nitriles is 1. The Morgan fingerprint density at radius 3 is 2.50 bits per heavy atom. The number of benzene rings is 2. The lowest BCUT2D eigenvalue weighted by Gasteiger charge is -2.25. The predicted octanol–water partition coefficient (Wildman–Crippen LogP) is 2.79. The summed E-state index contributed by atoms with van der Waals surface area (Å²) >= 11 is 0. The van der Waals surface area contributed by atoms with E-state index in [0.29, 0.717) is 11.1 Å². The van der Waals surface area contributed by atoms with Crippen molar-refractivity contribution in [1.82, 2.24) is 25.3 Å². The van der Waals surface area contributed by atoms with Gasteiger partial charge in [0.25, 0.3) is 0 Å². The lowest BCUT2D eigenvalue weighted by Crippen LogP contribution is -2.33.